The number of aromatic nitrogens is 1. The van der Waals surface area contributed by atoms with Crippen LogP contribution in [0.3, 0.4) is 0 Å². The average Bonchev–Trinajstić information content (AvgIpc) is 2.38. The molecule has 0 radical (unpaired) electrons. The van der Waals surface area contributed by atoms with Gasteiger partial charge in [-0.25, -0.2) is 9.37 Å². The van der Waals surface area contributed by atoms with E-state index in [0.717, 1.165) is 11.6 Å². The first-order chi connectivity index (χ1) is 9.10. The van der Waals surface area contributed by atoms with E-state index in [4.69, 9.17) is 4.74 Å². The molecule has 3 nitrogen and oxygen atoms in total. The summed E-state index contributed by atoms with van der Waals surface area (Å²) in [6.45, 7) is 0.674. The second-order valence-corrected chi connectivity index (χ2v) is 4.75. The number of nitrogens with one attached hydrogen (secondary N) is 1. The monoisotopic (exact) mass is 328 g/mol. The highest BCUT2D eigenvalue weighted by Crippen LogP contribution is 2.28. The standard InChI is InChI=1S/C13H11BrF2N2O/c1-17-6-8-2-3-12(18-7-8)19-11-5-9(14)4-10(15)13(11)16/h2-5,7,17H,6H2,1H3. The minimum atomic E-state index is -1.04. The van der Waals surface area contributed by atoms with E-state index in [1.807, 2.05) is 7.05 Å². The van der Waals surface area contributed by atoms with Gasteiger partial charge < -0.3 is 10.1 Å². The summed E-state index contributed by atoms with van der Waals surface area (Å²) in [5.74, 6) is -2.02. The number of nitrogens with zero attached hydrogens (tertiary/aromatic N) is 1. The lowest BCUT2D eigenvalue weighted by Crippen LogP contribution is -2.05. The zero-order valence-corrected chi connectivity index (χ0v) is 11.7. The van der Waals surface area contributed by atoms with Crippen LogP contribution < -0.4 is 10.1 Å². The number of hydrogen-bond acceptors (Lipinski definition) is 3. The smallest absolute Gasteiger partial charge is 0.219 e. The van der Waals surface area contributed by atoms with Gasteiger partial charge in [-0.05, 0) is 24.7 Å². The van der Waals surface area contributed by atoms with Crippen molar-refractivity contribution < 1.29 is 13.5 Å². The van der Waals surface area contributed by atoms with Crippen molar-refractivity contribution in [2.45, 2.75) is 6.54 Å². The molecule has 1 N–H and O–H groups in total. The third-order valence-electron chi connectivity index (χ3n) is 2.35. The molecule has 19 heavy (non-hydrogen) atoms. The fourth-order valence-electron chi connectivity index (χ4n) is 1.50. The Hall–Kier alpha value is -1.53. The largest absolute Gasteiger partial charge is 0.436 e. The van der Waals surface area contributed by atoms with Crippen LogP contribution >= 0.6 is 15.9 Å². The predicted octanol–water partition coefficient (Wildman–Crippen LogP) is 3.63. The zero-order valence-electron chi connectivity index (χ0n) is 10.1. The lowest BCUT2D eigenvalue weighted by atomic mass is 10.3. The Bertz CT molecular complexity index is 576. The summed E-state index contributed by atoms with van der Waals surface area (Å²) < 4.78 is 32.3. The molecule has 0 aliphatic rings. The molecular weight excluding hydrogens is 318 g/mol. The molecule has 6 heteroatoms. The van der Waals surface area contributed by atoms with Gasteiger partial charge in [0.1, 0.15) is 0 Å². The summed E-state index contributed by atoms with van der Waals surface area (Å²) in [6, 6.07) is 5.78. The Morgan fingerprint density at radius 1 is 1.32 bits per heavy atom. The van der Waals surface area contributed by atoms with Crippen LogP contribution in [0.2, 0.25) is 0 Å². The summed E-state index contributed by atoms with van der Waals surface area (Å²) in [5.41, 5.74) is 0.968. The van der Waals surface area contributed by atoms with Gasteiger partial charge in [0.25, 0.3) is 0 Å². The van der Waals surface area contributed by atoms with Crippen molar-refractivity contribution in [1.29, 1.82) is 0 Å². The van der Waals surface area contributed by atoms with Crippen LogP contribution in [-0.2, 0) is 6.54 Å². The molecule has 0 spiro atoms. The van der Waals surface area contributed by atoms with E-state index >= 15 is 0 Å². The van der Waals surface area contributed by atoms with Crippen molar-refractivity contribution >= 4 is 15.9 Å². The van der Waals surface area contributed by atoms with E-state index in [1.54, 1.807) is 18.3 Å². The van der Waals surface area contributed by atoms with E-state index in [1.165, 1.54) is 6.07 Å². The first kappa shape index (κ1) is 13.9. The SMILES string of the molecule is CNCc1ccc(Oc2cc(Br)cc(F)c2F)nc1. The molecule has 2 rings (SSSR count). The number of benzene rings is 1. The average molecular weight is 329 g/mol. The van der Waals surface area contributed by atoms with Crippen LogP contribution in [0.15, 0.2) is 34.9 Å². The van der Waals surface area contributed by atoms with E-state index in [-0.39, 0.29) is 11.6 Å². The second kappa shape index (κ2) is 6.08. The molecule has 0 aliphatic heterocycles. The molecular formula is C13H11BrF2N2O. The normalized spacial score (nSPS) is 10.5. The topological polar surface area (TPSA) is 34.1 Å². The van der Waals surface area contributed by atoms with E-state index < -0.39 is 11.6 Å². The third-order valence-corrected chi connectivity index (χ3v) is 2.81. The van der Waals surface area contributed by atoms with E-state index in [9.17, 15) is 8.78 Å². The van der Waals surface area contributed by atoms with Gasteiger partial charge in [0.05, 0.1) is 0 Å². The molecule has 0 aliphatic carbocycles. The Labute approximate surface area is 117 Å². The molecule has 0 amide bonds. The Morgan fingerprint density at radius 3 is 2.74 bits per heavy atom. The maximum absolute atomic E-state index is 13.5. The lowest BCUT2D eigenvalue weighted by Gasteiger charge is -2.07. The highest BCUT2D eigenvalue weighted by atomic mass is 79.9. The molecule has 0 saturated heterocycles. The molecule has 1 aromatic carbocycles. The fourth-order valence-corrected chi connectivity index (χ4v) is 1.91. The summed E-state index contributed by atoms with van der Waals surface area (Å²) in [4.78, 5) is 4.03. The Morgan fingerprint density at radius 2 is 2.11 bits per heavy atom. The van der Waals surface area contributed by atoms with Crippen LogP contribution in [-0.4, -0.2) is 12.0 Å². The van der Waals surface area contributed by atoms with E-state index in [2.05, 4.69) is 26.2 Å². The van der Waals surface area contributed by atoms with Crippen molar-refractivity contribution in [3.8, 4) is 11.6 Å². The first-order valence-corrected chi connectivity index (χ1v) is 6.31. The van der Waals surface area contributed by atoms with Crippen molar-refractivity contribution in [3.05, 3.63) is 52.1 Å². The lowest BCUT2D eigenvalue weighted by molar-refractivity contribution is 0.404. The quantitative estimate of drug-likeness (QED) is 0.870. The fraction of sp³-hybridized carbons (Fsp3) is 0.154. The van der Waals surface area contributed by atoms with Crippen molar-refractivity contribution in [2.24, 2.45) is 0 Å². The minimum Gasteiger partial charge on any atom is -0.436 e. The highest BCUT2D eigenvalue weighted by Gasteiger charge is 2.12. The van der Waals surface area contributed by atoms with E-state index in [0.29, 0.717) is 11.0 Å². The van der Waals surface area contributed by atoms with Crippen LogP contribution in [0.4, 0.5) is 8.78 Å². The summed E-state index contributed by atoms with van der Waals surface area (Å²) in [6.07, 6.45) is 1.61. The Kier molecular flexibility index (Phi) is 4.44. The second-order valence-electron chi connectivity index (χ2n) is 3.84. The molecule has 0 saturated carbocycles. The van der Waals surface area contributed by atoms with Gasteiger partial charge in [0, 0.05) is 23.3 Å². The van der Waals surface area contributed by atoms with Gasteiger partial charge in [-0.1, -0.05) is 22.0 Å². The maximum atomic E-state index is 13.5. The molecule has 0 atom stereocenters. The molecule has 1 heterocycles. The third kappa shape index (κ3) is 3.48. The van der Waals surface area contributed by atoms with Crippen LogP contribution in [0.1, 0.15) is 5.56 Å². The van der Waals surface area contributed by atoms with Crippen LogP contribution in [0.5, 0.6) is 11.6 Å². The molecule has 100 valence electrons. The molecule has 1 aromatic heterocycles. The Balaban J connectivity index is 2.21. The van der Waals surface area contributed by atoms with Crippen molar-refractivity contribution in [1.82, 2.24) is 10.3 Å². The maximum Gasteiger partial charge on any atom is 0.219 e. The van der Waals surface area contributed by atoms with Gasteiger partial charge in [0.2, 0.25) is 11.7 Å². The zero-order chi connectivity index (χ0) is 13.8. The number of pyridine rings is 1. The van der Waals surface area contributed by atoms with Gasteiger partial charge in [-0.3, -0.25) is 0 Å². The number of halogens is 3. The summed E-state index contributed by atoms with van der Waals surface area (Å²) >= 11 is 3.08. The molecule has 0 bridgehead atoms. The first-order valence-electron chi connectivity index (χ1n) is 5.52. The van der Waals surface area contributed by atoms with Gasteiger partial charge >= 0.3 is 0 Å². The number of ether oxygens (including phenoxy) is 1. The highest BCUT2D eigenvalue weighted by molar-refractivity contribution is 9.10. The number of rotatable bonds is 4. The van der Waals surface area contributed by atoms with Gasteiger partial charge in [0.15, 0.2) is 11.6 Å². The molecule has 0 unspecified atom stereocenters. The van der Waals surface area contributed by atoms with Gasteiger partial charge in [-0.2, -0.15) is 4.39 Å². The van der Waals surface area contributed by atoms with Crippen LogP contribution in [0.25, 0.3) is 0 Å². The minimum absolute atomic E-state index is 0.205. The van der Waals surface area contributed by atoms with Gasteiger partial charge in [-0.15, -0.1) is 0 Å². The molecule has 0 fully saturated rings. The van der Waals surface area contributed by atoms with Crippen molar-refractivity contribution in [3.63, 3.8) is 0 Å². The predicted molar refractivity (Wildman–Crippen MR) is 71.1 cm³/mol. The summed E-state index contributed by atoms with van der Waals surface area (Å²) in [7, 11) is 1.82. The molecule has 2 aromatic rings. The van der Waals surface area contributed by atoms with Crippen molar-refractivity contribution in [2.75, 3.05) is 7.05 Å². The number of hydrogen-bond donors (Lipinski definition) is 1. The summed E-state index contributed by atoms with van der Waals surface area (Å²) in [5, 5.41) is 2.98. The van der Waals surface area contributed by atoms with Crippen LogP contribution in [0, 0.1) is 11.6 Å².